The van der Waals surface area contributed by atoms with Crippen molar-refractivity contribution in [3.63, 3.8) is 0 Å². The van der Waals surface area contributed by atoms with Crippen LogP contribution < -0.4 is 9.62 Å². The molecule has 5 nitrogen and oxygen atoms in total. The van der Waals surface area contributed by atoms with Gasteiger partial charge in [0.25, 0.3) is 0 Å². The first kappa shape index (κ1) is 23.3. The summed E-state index contributed by atoms with van der Waals surface area (Å²) in [6.45, 7) is 6.29. The molecule has 29 heavy (non-hydrogen) atoms. The molecule has 0 saturated carbocycles. The first-order chi connectivity index (χ1) is 13.7. The maximum absolute atomic E-state index is 12.3. The third-order valence-corrected chi connectivity index (χ3v) is 6.90. The number of hydrogen-bond acceptors (Lipinski definition) is 4. The summed E-state index contributed by atoms with van der Waals surface area (Å²) in [6.07, 6.45) is 1.96. The van der Waals surface area contributed by atoms with Crippen LogP contribution in [-0.4, -0.2) is 39.4 Å². The largest absolute Gasteiger partial charge is 0.354 e. The van der Waals surface area contributed by atoms with Gasteiger partial charge in [0.05, 0.1) is 11.9 Å². The Morgan fingerprint density at radius 3 is 2.34 bits per heavy atom. The van der Waals surface area contributed by atoms with Crippen LogP contribution in [0.3, 0.4) is 0 Å². The second-order valence-electron chi connectivity index (χ2n) is 7.28. The molecule has 0 bridgehead atoms. The van der Waals surface area contributed by atoms with Gasteiger partial charge >= 0.3 is 0 Å². The van der Waals surface area contributed by atoms with E-state index in [2.05, 4.69) is 36.5 Å². The second-order valence-corrected chi connectivity index (χ2v) is 10.3. The monoisotopic (exact) mass is 434 g/mol. The summed E-state index contributed by atoms with van der Waals surface area (Å²) in [6, 6.07) is 13.9. The first-order valence-electron chi connectivity index (χ1n) is 9.62. The van der Waals surface area contributed by atoms with Crippen LogP contribution in [0.15, 0.2) is 42.5 Å². The minimum absolute atomic E-state index is 0.210. The molecule has 0 heterocycles. The summed E-state index contributed by atoms with van der Waals surface area (Å²) in [5.74, 6) is 1.58. The average molecular weight is 435 g/mol. The highest BCUT2D eigenvalue weighted by molar-refractivity contribution is 7.98. The van der Waals surface area contributed by atoms with E-state index in [4.69, 9.17) is 0 Å². The van der Waals surface area contributed by atoms with Crippen LogP contribution >= 0.6 is 11.8 Å². The SMILES string of the molecule is Cc1ccc(CSCCCNC(=O)CN(c2ccc(C)c(C)c2)S(C)(=O)=O)cc1. The lowest BCUT2D eigenvalue weighted by Gasteiger charge is -2.22. The smallest absolute Gasteiger partial charge is 0.240 e. The van der Waals surface area contributed by atoms with E-state index >= 15 is 0 Å². The molecule has 0 aliphatic heterocycles. The van der Waals surface area contributed by atoms with E-state index in [1.54, 1.807) is 12.1 Å². The number of nitrogens with one attached hydrogen (secondary N) is 1. The number of hydrogen-bond donors (Lipinski definition) is 1. The molecule has 0 unspecified atom stereocenters. The first-order valence-corrected chi connectivity index (χ1v) is 12.6. The standard InChI is InChI=1S/C22H30N2O3S2/c1-17-6-9-20(10-7-17)16-28-13-5-12-23-22(25)15-24(29(4,26)27)21-11-8-18(2)19(3)14-21/h6-11,14H,5,12-13,15-16H2,1-4H3,(H,23,25). The molecule has 0 aliphatic carbocycles. The summed E-state index contributed by atoms with van der Waals surface area (Å²) in [7, 11) is -3.55. The van der Waals surface area contributed by atoms with E-state index in [0.29, 0.717) is 12.2 Å². The molecule has 0 saturated heterocycles. The lowest BCUT2D eigenvalue weighted by Crippen LogP contribution is -2.40. The van der Waals surface area contributed by atoms with E-state index in [1.165, 1.54) is 11.1 Å². The fourth-order valence-corrected chi connectivity index (χ4v) is 4.51. The Bertz CT molecular complexity index is 926. The number of thioether (sulfide) groups is 1. The number of carbonyl (C=O) groups is 1. The van der Waals surface area contributed by atoms with Crippen molar-refractivity contribution in [3.8, 4) is 0 Å². The zero-order valence-corrected chi connectivity index (χ0v) is 19.2. The maximum Gasteiger partial charge on any atom is 0.240 e. The van der Waals surface area contributed by atoms with E-state index in [-0.39, 0.29) is 12.5 Å². The van der Waals surface area contributed by atoms with Gasteiger partial charge in [-0.2, -0.15) is 11.8 Å². The molecule has 158 valence electrons. The van der Waals surface area contributed by atoms with Crippen molar-refractivity contribution in [1.29, 1.82) is 0 Å². The van der Waals surface area contributed by atoms with Gasteiger partial charge in [0.2, 0.25) is 15.9 Å². The van der Waals surface area contributed by atoms with Crippen LogP contribution in [0.1, 0.15) is 28.7 Å². The van der Waals surface area contributed by atoms with Gasteiger partial charge in [0.1, 0.15) is 6.54 Å². The molecule has 0 fully saturated rings. The van der Waals surface area contributed by atoms with Gasteiger partial charge in [-0.1, -0.05) is 35.9 Å². The summed E-state index contributed by atoms with van der Waals surface area (Å²) in [5, 5.41) is 2.83. The van der Waals surface area contributed by atoms with Crippen molar-refractivity contribution < 1.29 is 13.2 Å². The third-order valence-electron chi connectivity index (χ3n) is 4.64. The molecular weight excluding hydrogens is 404 g/mol. The van der Waals surface area contributed by atoms with E-state index in [9.17, 15) is 13.2 Å². The molecule has 0 spiro atoms. The Morgan fingerprint density at radius 1 is 1.03 bits per heavy atom. The maximum atomic E-state index is 12.3. The molecule has 0 aromatic heterocycles. The number of amides is 1. The highest BCUT2D eigenvalue weighted by atomic mass is 32.2. The van der Waals surface area contributed by atoms with Gasteiger partial charge < -0.3 is 5.32 Å². The molecule has 7 heteroatoms. The molecule has 2 aromatic rings. The predicted molar refractivity (Wildman–Crippen MR) is 123 cm³/mol. The van der Waals surface area contributed by atoms with Crippen LogP contribution in [0.25, 0.3) is 0 Å². The Labute approximate surface area is 178 Å². The second kappa shape index (κ2) is 10.7. The molecule has 0 atom stereocenters. The molecule has 2 rings (SSSR count). The summed E-state index contributed by atoms with van der Waals surface area (Å²) < 4.78 is 25.5. The Kier molecular flexibility index (Phi) is 8.59. The third kappa shape index (κ3) is 7.74. The predicted octanol–water partition coefficient (Wildman–Crippen LogP) is 3.82. The highest BCUT2D eigenvalue weighted by Crippen LogP contribution is 2.21. The van der Waals surface area contributed by atoms with E-state index in [1.807, 2.05) is 31.7 Å². The Balaban J connectivity index is 1.78. The summed E-state index contributed by atoms with van der Waals surface area (Å²) >= 11 is 1.82. The van der Waals surface area contributed by atoms with Gasteiger partial charge in [-0.3, -0.25) is 9.10 Å². The number of sulfonamides is 1. The molecule has 0 aliphatic rings. The van der Waals surface area contributed by atoms with Crippen molar-refractivity contribution >= 4 is 33.4 Å². The number of carbonyl (C=O) groups excluding carboxylic acids is 1. The van der Waals surface area contributed by atoms with Crippen LogP contribution in [-0.2, 0) is 20.6 Å². The van der Waals surface area contributed by atoms with Crippen LogP contribution in [0.2, 0.25) is 0 Å². The average Bonchev–Trinajstić information content (AvgIpc) is 2.65. The van der Waals surface area contributed by atoms with Gasteiger partial charge in [-0.25, -0.2) is 8.42 Å². The molecular formula is C22H30N2O3S2. The number of benzene rings is 2. The molecule has 1 amide bonds. The van der Waals surface area contributed by atoms with Gasteiger partial charge in [-0.05, 0) is 61.8 Å². The van der Waals surface area contributed by atoms with Crippen molar-refractivity contribution in [2.75, 3.05) is 29.4 Å². The zero-order chi connectivity index (χ0) is 21.4. The lowest BCUT2D eigenvalue weighted by molar-refractivity contribution is -0.119. The minimum atomic E-state index is -3.55. The van der Waals surface area contributed by atoms with E-state index < -0.39 is 10.0 Å². The fourth-order valence-electron chi connectivity index (χ4n) is 2.74. The minimum Gasteiger partial charge on any atom is -0.354 e. The fraction of sp³-hybridized carbons (Fsp3) is 0.409. The van der Waals surface area contributed by atoms with Gasteiger partial charge in [0.15, 0.2) is 0 Å². The molecule has 0 radical (unpaired) electrons. The van der Waals surface area contributed by atoms with Crippen molar-refractivity contribution in [1.82, 2.24) is 5.32 Å². The Hall–Kier alpha value is -1.99. The Morgan fingerprint density at radius 2 is 1.72 bits per heavy atom. The molecule has 1 N–H and O–H groups in total. The lowest BCUT2D eigenvalue weighted by atomic mass is 10.1. The van der Waals surface area contributed by atoms with Crippen LogP contribution in [0.4, 0.5) is 5.69 Å². The highest BCUT2D eigenvalue weighted by Gasteiger charge is 2.21. The number of aryl methyl sites for hydroxylation is 3. The number of anilines is 1. The van der Waals surface area contributed by atoms with Crippen LogP contribution in [0, 0.1) is 20.8 Å². The van der Waals surface area contributed by atoms with Crippen molar-refractivity contribution in [2.45, 2.75) is 32.9 Å². The van der Waals surface area contributed by atoms with Gasteiger partial charge in [-0.15, -0.1) is 0 Å². The summed E-state index contributed by atoms with van der Waals surface area (Å²) in [4.78, 5) is 12.3. The normalized spacial score (nSPS) is 11.3. The zero-order valence-electron chi connectivity index (χ0n) is 17.6. The van der Waals surface area contributed by atoms with Crippen LogP contribution in [0.5, 0.6) is 0 Å². The van der Waals surface area contributed by atoms with Crippen molar-refractivity contribution in [3.05, 3.63) is 64.7 Å². The summed E-state index contributed by atoms with van der Waals surface area (Å²) in [5.41, 5.74) is 5.13. The topological polar surface area (TPSA) is 66.5 Å². The quantitative estimate of drug-likeness (QED) is 0.578. The van der Waals surface area contributed by atoms with Gasteiger partial charge in [0, 0.05) is 12.3 Å². The van der Waals surface area contributed by atoms with Crippen molar-refractivity contribution in [2.24, 2.45) is 0 Å². The number of nitrogens with zero attached hydrogens (tertiary/aromatic N) is 1. The molecule has 2 aromatic carbocycles. The van der Waals surface area contributed by atoms with E-state index in [0.717, 1.165) is 39.6 Å². The number of rotatable bonds is 10.